The van der Waals surface area contributed by atoms with Gasteiger partial charge in [0.1, 0.15) is 11.6 Å². The molecule has 2 aromatic heterocycles. The second kappa shape index (κ2) is 14.0. The average molecular weight is 562 g/mol. The van der Waals surface area contributed by atoms with Crippen molar-refractivity contribution in [3.05, 3.63) is 40.1 Å². The minimum Gasteiger partial charge on any atom is -0.493 e. The first-order valence-electron chi connectivity index (χ1n) is 14.1. The van der Waals surface area contributed by atoms with E-state index >= 15 is 0 Å². The number of nitrogens with one attached hydrogen (secondary N) is 1. The van der Waals surface area contributed by atoms with E-state index in [0.717, 1.165) is 37.9 Å². The highest BCUT2D eigenvalue weighted by atomic mass is 32.2. The third-order valence-electron chi connectivity index (χ3n) is 6.93. The highest BCUT2D eigenvalue weighted by molar-refractivity contribution is 7.89. The maximum atomic E-state index is 13.4. The Labute approximate surface area is 231 Å². The van der Waals surface area contributed by atoms with Crippen molar-refractivity contribution in [2.75, 3.05) is 26.3 Å². The molecular weight excluding hydrogens is 518 g/mol. The van der Waals surface area contributed by atoms with Crippen molar-refractivity contribution in [3.63, 3.8) is 0 Å². The summed E-state index contributed by atoms with van der Waals surface area (Å²) in [6.07, 6.45) is 7.00. The fourth-order valence-electron chi connectivity index (χ4n) is 4.91. The molecule has 216 valence electrons. The molecule has 0 saturated heterocycles. The monoisotopic (exact) mass is 561 g/mol. The quantitative estimate of drug-likeness (QED) is 0.244. The maximum Gasteiger partial charge on any atom is 0.277 e. The fraction of sp³-hybridized carbons (Fsp3) is 0.607. The third kappa shape index (κ3) is 6.88. The molecule has 0 aliphatic carbocycles. The normalized spacial score (nSPS) is 12.9. The van der Waals surface area contributed by atoms with Crippen LogP contribution in [0.5, 0.6) is 5.75 Å². The first kappa shape index (κ1) is 30.8. The van der Waals surface area contributed by atoms with Crippen molar-refractivity contribution in [1.82, 2.24) is 23.9 Å². The van der Waals surface area contributed by atoms with Gasteiger partial charge in [0.2, 0.25) is 10.0 Å². The standard InChI is InChI=1S/C28H43N5O5S/c1-6-10-11-12-13-21(8-3)27-29-20(5)25-28(35)30-26(31-33(25)27)23-19-22(14-15-24(23)38-9-4)39(36,37)32(16-7-2)17-18-34/h14-15,19,21,34H,6-13,16-18H2,1-5H3,(H,30,31,35). The van der Waals surface area contributed by atoms with E-state index < -0.39 is 10.0 Å². The van der Waals surface area contributed by atoms with Gasteiger partial charge >= 0.3 is 0 Å². The van der Waals surface area contributed by atoms with Crippen LogP contribution in [-0.2, 0) is 10.0 Å². The molecule has 39 heavy (non-hydrogen) atoms. The zero-order valence-electron chi connectivity index (χ0n) is 23.9. The summed E-state index contributed by atoms with van der Waals surface area (Å²) in [5.41, 5.74) is 1.02. The van der Waals surface area contributed by atoms with Crippen LogP contribution in [0.2, 0.25) is 0 Å². The molecule has 0 saturated carbocycles. The van der Waals surface area contributed by atoms with E-state index in [9.17, 15) is 18.3 Å². The molecule has 10 nitrogen and oxygen atoms in total. The molecule has 1 unspecified atom stereocenters. The molecule has 0 fully saturated rings. The van der Waals surface area contributed by atoms with Gasteiger partial charge in [-0.25, -0.2) is 17.9 Å². The Morgan fingerprint density at radius 3 is 2.51 bits per heavy atom. The largest absolute Gasteiger partial charge is 0.493 e. The van der Waals surface area contributed by atoms with Crippen molar-refractivity contribution < 1.29 is 18.3 Å². The number of unbranched alkanes of at least 4 members (excludes halogenated alkanes) is 3. The predicted octanol–water partition coefficient (Wildman–Crippen LogP) is 4.65. The number of ether oxygens (including phenoxy) is 1. The fourth-order valence-corrected chi connectivity index (χ4v) is 6.46. The lowest BCUT2D eigenvalue weighted by molar-refractivity contribution is 0.253. The minimum absolute atomic E-state index is 0.00586. The molecule has 0 amide bonds. The average Bonchev–Trinajstić information content (AvgIpc) is 3.25. The van der Waals surface area contributed by atoms with Crippen molar-refractivity contribution in [1.29, 1.82) is 0 Å². The number of hydrogen-bond acceptors (Lipinski definition) is 7. The molecule has 0 aliphatic heterocycles. The van der Waals surface area contributed by atoms with Crippen LogP contribution < -0.4 is 10.3 Å². The Balaban J connectivity index is 2.17. The van der Waals surface area contributed by atoms with Gasteiger partial charge in [-0.2, -0.15) is 4.31 Å². The zero-order valence-corrected chi connectivity index (χ0v) is 24.7. The number of nitrogens with zero attached hydrogens (tertiary/aromatic N) is 4. The van der Waals surface area contributed by atoms with E-state index in [0.29, 0.717) is 35.6 Å². The molecule has 0 spiro atoms. The van der Waals surface area contributed by atoms with Gasteiger partial charge in [-0.3, -0.25) is 4.79 Å². The number of imidazole rings is 1. The van der Waals surface area contributed by atoms with Crippen LogP contribution in [0.1, 0.15) is 90.1 Å². The second-order valence-corrected chi connectivity index (χ2v) is 11.7. The number of hydrogen-bond donors (Lipinski definition) is 2. The van der Waals surface area contributed by atoms with Crippen LogP contribution >= 0.6 is 0 Å². The van der Waals surface area contributed by atoms with Crippen LogP contribution in [0, 0.1) is 6.92 Å². The van der Waals surface area contributed by atoms with Crippen molar-refractivity contribution in [3.8, 4) is 17.1 Å². The molecule has 2 N–H and O–H groups in total. The Kier molecular flexibility index (Phi) is 11.1. The molecule has 0 aliphatic rings. The van der Waals surface area contributed by atoms with Gasteiger partial charge in [-0.1, -0.05) is 46.5 Å². The minimum atomic E-state index is -3.90. The van der Waals surface area contributed by atoms with Crippen LogP contribution in [0.3, 0.4) is 0 Å². The number of benzene rings is 1. The van der Waals surface area contributed by atoms with Gasteiger partial charge in [-0.15, -0.1) is 5.10 Å². The number of aliphatic hydroxyl groups excluding tert-OH is 1. The number of aromatic amines is 1. The molecule has 3 rings (SSSR count). The van der Waals surface area contributed by atoms with Gasteiger partial charge in [-0.05, 0) is 51.3 Å². The van der Waals surface area contributed by atoms with E-state index in [4.69, 9.17) is 14.8 Å². The van der Waals surface area contributed by atoms with Gasteiger partial charge < -0.3 is 14.8 Å². The first-order chi connectivity index (χ1) is 18.7. The summed E-state index contributed by atoms with van der Waals surface area (Å²) in [4.78, 5) is 20.9. The number of sulfonamides is 1. The van der Waals surface area contributed by atoms with Gasteiger partial charge in [0.05, 0.1) is 29.4 Å². The lowest BCUT2D eigenvalue weighted by atomic mass is 9.97. The second-order valence-electron chi connectivity index (χ2n) is 9.79. The number of aromatic nitrogens is 4. The molecule has 0 bridgehead atoms. The summed E-state index contributed by atoms with van der Waals surface area (Å²) in [6.45, 7) is 10.2. The van der Waals surface area contributed by atoms with Crippen LogP contribution in [-0.4, -0.2) is 63.7 Å². The SMILES string of the molecule is CCCCCCC(CC)c1nc(C)c2c(=O)[nH]c(-c3cc(S(=O)(=O)N(CCC)CCO)ccc3OCC)nn12. The van der Waals surface area contributed by atoms with Crippen molar-refractivity contribution >= 4 is 15.5 Å². The van der Waals surface area contributed by atoms with Crippen LogP contribution in [0.15, 0.2) is 27.9 Å². The van der Waals surface area contributed by atoms with E-state index in [1.165, 1.54) is 22.9 Å². The van der Waals surface area contributed by atoms with Crippen molar-refractivity contribution in [2.24, 2.45) is 0 Å². The summed E-state index contributed by atoms with van der Waals surface area (Å²) in [5, 5.41) is 14.2. The van der Waals surface area contributed by atoms with E-state index in [1.807, 2.05) is 20.8 Å². The van der Waals surface area contributed by atoms with Gasteiger partial charge in [0.15, 0.2) is 11.3 Å². The van der Waals surface area contributed by atoms with E-state index in [-0.39, 0.29) is 41.9 Å². The molecule has 3 aromatic rings. The molecule has 2 heterocycles. The van der Waals surface area contributed by atoms with Gasteiger partial charge in [0, 0.05) is 19.0 Å². The highest BCUT2D eigenvalue weighted by Crippen LogP contribution is 2.32. The Hall–Kier alpha value is -2.76. The summed E-state index contributed by atoms with van der Waals surface area (Å²) in [7, 11) is -3.90. The molecular formula is C28H43N5O5S. The molecule has 1 aromatic carbocycles. The Morgan fingerprint density at radius 2 is 1.87 bits per heavy atom. The summed E-state index contributed by atoms with van der Waals surface area (Å²) in [5.74, 6) is 1.50. The highest BCUT2D eigenvalue weighted by Gasteiger charge is 2.26. The Bertz CT molecular complexity index is 1390. The van der Waals surface area contributed by atoms with E-state index in [1.54, 1.807) is 10.6 Å². The van der Waals surface area contributed by atoms with E-state index in [2.05, 4.69) is 18.8 Å². The maximum absolute atomic E-state index is 13.4. The predicted molar refractivity (Wildman–Crippen MR) is 153 cm³/mol. The lowest BCUT2D eigenvalue weighted by Gasteiger charge is -2.21. The number of rotatable bonds is 16. The number of aryl methyl sites for hydroxylation is 1. The smallest absolute Gasteiger partial charge is 0.277 e. The number of aliphatic hydroxyl groups is 1. The van der Waals surface area contributed by atoms with Crippen LogP contribution in [0.25, 0.3) is 16.9 Å². The van der Waals surface area contributed by atoms with Crippen molar-refractivity contribution in [2.45, 2.75) is 90.4 Å². The molecule has 1 atom stereocenters. The first-order valence-corrected chi connectivity index (χ1v) is 15.5. The lowest BCUT2D eigenvalue weighted by Crippen LogP contribution is -2.34. The third-order valence-corrected chi connectivity index (χ3v) is 8.83. The summed E-state index contributed by atoms with van der Waals surface area (Å²) >= 11 is 0. The zero-order chi connectivity index (χ0) is 28.6. The summed E-state index contributed by atoms with van der Waals surface area (Å²) in [6, 6.07) is 4.55. The van der Waals surface area contributed by atoms with Crippen LogP contribution in [0.4, 0.5) is 0 Å². The summed E-state index contributed by atoms with van der Waals surface area (Å²) < 4.78 is 35.6. The Morgan fingerprint density at radius 1 is 1.10 bits per heavy atom. The van der Waals surface area contributed by atoms with Gasteiger partial charge in [0.25, 0.3) is 5.56 Å². The number of H-pyrrole nitrogens is 1. The topological polar surface area (TPSA) is 130 Å². The molecule has 0 radical (unpaired) electrons. The molecule has 11 heteroatoms. The number of fused-ring (bicyclic) bond motifs is 1.